The molecule has 2 spiro atoms. The maximum absolute atomic E-state index is 14.3. The van der Waals surface area contributed by atoms with Crippen LogP contribution in [0.4, 0.5) is 13.2 Å². The van der Waals surface area contributed by atoms with E-state index in [9.17, 15) is 22.8 Å². The summed E-state index contributed by atoms with van der Waals surface area (Å²) in [6.07, 6.45) is 5.07. The van der Waals surface area contributed by atoms with Crippen LogP contribution >= 0.6 is 0 Å². The number of piperidine rings is 1. The van der Waals surface area contributed by atoms with Crippen LogP contribution in [-0.2, 0) is 9.53 Å². The predicted molar refractivity (Wildman–Crippen MR) is 131 cm³/mol. The Balaban J connectivity index is 1.07. The Kier molecular flexibility index (Phi) is 6.04. The van der Waals surface area contributed by atoms with E-state index in [1.54, 1.807) is 19.1 Å². The molecule has 6 rings (SSSR count). The van der Waals surface area contributed by atoms with Gasteiger partial charge in [-0.1, -0.05) is 0 Å². The lowest BCUT2D eigenvalue weighted by Gasteiger charge is -2.42. The quantitative estimate of drug-likeness (QED) is 0.617. The first kappa shape index (κ1) is 25.3. The molecule has 4 heterocycles. The van der Waals surface area contributed by atoms with E-state index < -0.39 is 17.3 Å². The van der Waals surface area contributed by atoms with Gasteiger partial charge in [-0.25, -0.2) is 13.2 Å². The molecule has 2 saturated carbocycles. The minimum absolute atomic E-state index is 0.0611. The van der Waals surface area contributed by atoms with Crippen molar-refractivity contribution >= 4 is 11.8 Å². The van der Waals surface area contributed by atoms with Gasteiger partial charge >= 0.3 is 0 Å². The zero-order valence-electron chi connectivity index (χ0n) is 21.4. The van der Waals surface area contributed by atoms with E-state index in [4.69, 9.17) is 4.74 Å². The number of alkyl halides is 2. The molecule has 0 radical (unpaired) electrons. The van der Waals surface area contributed by atoms with Crippen molar-refractivity contribution in [2.45, 2.75) is 87.8 Å². The summed E-state index contributed by atoms with van der Waals surface area (Å²) < 4.78 is 48.4. The van der Waals surface area contributed by atoms with E-state index in [0.29, 0.717) is 49.2 Å². The van der Waals surface area contributed by atoms with Crippen molar-refractivity contribution in [1.29, 1.82) is 0 Å². The number of carbonyl (C=O) groups is 2. The first-order valence-electron chi connectivity index (χ1n) is 13.4. The van der Waals surface area contributed by atoms with Crippen LogP contribution in [0.3, 0.4) is 0 Å². The summed E-state index contributed by atoms with van der Waals surface area (Å²) in [6, 6.07) is 3.02. The maximum Gasteiger partial charge on any atom is 0.278 e. The van der Waals surface area contributed by atoms with Gasteiger partial charge < -0.3 is 15.0 Å². The van der Waals surface area contributed by atoms with E-state index in [0.717, 1.165) is 19.0 Å². The summed E-state index contributed by atoms with van der Waals surface area (Å²) in [6.45, 7) is 2.27. The molecule has 2 aliphatic carbocycles. The first-order chi connectivity index (χ1) is 18.1. The first-order valence-corrected chi connectivity index (χ1v) is 13.4. The van der Waals surface area contributed by atoms with Gasteiger partial charge in [0.1, 0.15) is 5.60 Å². The largest absolute Gasteiger partial charge is 0.368 e. The third-order valence-electron chi connectivity index (χ3n) is 9.02. The van der Waals surface area contributed by atoms with Crippen molar-refractivity contribution in [2.75, 3.05) is 13.2 Å². The Morgan fingerprint density at radius 1 is 1.13 bits per heavy atom. The van der Waals surface area contributed by atoms with Crippen LogP contribution in [0, 0.1) is 18.7 Å². The number of halogens is 3. The molecular formula is C27H32F3N5O3. The van der Waals surface area contributed by atoms with Gasteiger partial charge in [-0.15, -0.1) is 0 Å². The second kappa shape index (κ2) is 9.07. The molecule has 2 aromatic rings. The standard InChI is InChI=1S/C27H32F3N5O3/c1-16-12-19(20(28)15-31-16)21-13-22(34-33-21)24(37)35-10-4-17(14-25(35)7-8-25)23(36)32-18-2-5-26(6-3-18)27(29,30)9-11-38-26/h12-13,15,17-18H,2-11,14H2,1H3,(H,32,36)(H,33,34)/t17-,18-,26+/m0/s1. The SMILES string of the molecule is Cc1cc(-c2cc(C(=O)N3CC[C@H](C(=O)N[C@H]4CC[C@]5(CC4)OCCC5(F)F)CC34CC4)n[nH]2)c(F)cn1. The highest BCUT2D eigenvalue weighted by Crippen LogP contribution is 2.51. The molecule has 0 bridgehead atoms. The summed E-state index contributed by atoms with van der Waals surface area (Å²) in [5.74, 6) is -3.83. The highest BCUT2D eigenvalue weighted by molar-refractivity contribution is 5.94. The van der Waals surface area contributed by atoms with Crippen molar-refractivity contribution < 1.29 is 27.5 Å². The smallest absolute Gasteiger partial charge is 0.278 e. The van der Waals surface area contributed by atoms with E-state index in [-0.39, 0.29) is 60.9 Å². The Labute approximate surface area is 218 Å². The minimum atomic E-state index is -2.81. The lowest BCUT2D eigenvalue weighted by molar-refractivity contribution is -0.165. The molecule has 38 heavy (non-hydrogen) atoms. The molecule has 11 heteroatoms. The number of rotatable bonds is 4. The molecule has 2 aromatic heterocycles. The zero-order chi connectivity index (χ0) is 26.7. The van der Waals surface area contributed by atoms with Crippen LogP contribution in [0.15, 0.2) is 18.3 Å². The zero-order valence-corrected chi connectivity index (χ0v) is 21.4. The lowest BCUT2D eigenvalue weighted by atomic mass is 9.78. The van der Waals surface area contributed by atoms with Crippen LogP contribution in [-0.4, -0.2) is 68.2 Å². The molecule has 4 aliphatic rings. The Morgan fingerprint density at radius 3 is 2.58 bits per heavy atom. The van der Waals surface area contributed by atoms with Crippen LogP contribution in [0.5, 0.6) is 0 Å². The number of hydrogen-bond donors (Lipinski definition) is 2. The molecule has 2 aliphatic heterocycles. The molecule has 2 amide bonds. The van der Waals surface area contributed by atoms with Gasteiger partial charge in [-0.05, 0) is 70.4 Å². The number of carbonyl (C=O) groups excluding carboxylic acids is 2. The second-order valence-electron chi connectivity index (χ2n) is 11.4. The topological polar surface area (TPSA) is 100 Å². The molecule has 2 saturated heterocycles. The molecule has 2 N–H and O–H groups in total. The normalized spacial score (nSPS) is 29.5. The number of H-pyrrole nitrogens is 1. The molecule has 8 nitrogen and oxygen atoms in total. The van der Waals surface area contributed by atoms with Gasteiger partial charge in [-0.3, -0.25) is 19.7 Å². The van der Waals surface area contributed by atoms with E-state index in [2.05, 4.69) is 20.5 Å². The Morgan fingerprint density at radius 2 is 1.89 bits per heavy atom. The van der Waals surface area contributed by atoms with Gasteiger partial charge in [0.05, 0.1) is 18.5 Å². The number of aryl methyl sites for hydroxylation is 1. The van der Waals surface area contributed by atoms with Crippen molar-refractivity contribution in [3.05, 3.63) is 35.5 Å². The molecule has 0 unspecified atom stereocenters. The van der Waals surface area contributed by atoms with Crippen LogP contribution < -0.4 is 5.32 Å². The van der Waals surface area contributed by atoms with Crippen LogP contribution in [0.1, 0.15) is 74.0 Å². The third kappa shape index (κ3) is 4.28. The minimum Gasteiger partial charge on any atom is -0.368 e. The summed E-state index contributed by atoms with van der Waals surface area (Å²) in [5.41, 5.74) is -0.163. The van der Waals surface area contributed by atoms with Crippen LogP contribution in [0.25, 0.3) is 11.3 Å². The van der Waals surface area contributed by atoms with Gasteiger partial charge in [-0.2, -0.15) is 5.10 Å². The summed E-state index contributed by atoms with van der Waals surface area (Å²) in [5, 5.41) is 10.0. The van der Waals surface area contributed by atoms with Gasteiger partial charge in [0.25, 0.3) is 11.8 Å². The Hall–Kier alpha value is -2.95. The van der Waals surface area contributed by atoms with Gasteiger partial charge in [0.2, 0.25) is 5.91 Å². The number of amides is 2. The van der Waals surface area contributed by atoms with Gasteiger partial charge in [0, 0.05) is 41.7 Å². The fraction of sp³-hybridized carbons (Fsp3) is 0.630. The van der Waals surface area contributed by atoms with Crippen molar-refractivity contribution in [1.82, 2.24) is 25.4 Å². The molecule has 204 valence electrons. The summed E-state index contributed by atoms with van der Waals surface area (Å²) in [4.78, 5) is 32.3. The maximum atomic E-state index is 14.3. The average Bonchev–Trinajstić information content (AvgIpc) is 3.35. The summed E-state index contributed by atoms with van der Waals surface area (Å²) >= 11 is 0. The second-order valence-corrected chi connectivity index (χ2v) is 11.4. The fourth-order valence-electron chi connectivity index (χ4n) is 6.57. The average molecular weight is 532 g/mol. The third-order valence-corrected chi connectivity index (χ3v) is 9.02. The van der Waals surface area contributed by atoms with Gasteiger partial charge in [0.15, 0.2) is 11.5 Å². The van der Waals surface area contributed by atoms with E-state index in [1.165, 1.54) is 0 Å². The molecule has 1 atom stereocenters. The van der Waals surface area contributed by atoms with Crippen molar-refractivity contribution in [2.24, 2.45) is 5.92 Å². The van der Waals surface area contributed by atoms with Crippen molar-refractivity contribution in [3.63, 3.8) is 0 Å². The summed E-state index contributed by atoms with van der Waals surface area (Å²) in [7, 11) is 0. The molecule has 0 aromatic carbocycles. The van der Waals surface area contributed by atoms with E-state index in [1.807, 2.05) is 4.90 Å². The number of nitrogens with one attached hydrogen (secondary N) is 2. The number of aromatic nitrogens is 3. The number of aromatic amines is 1. The number of nitrogens with zero attached hydrogens (tertiary/aromatic N) is 3. The predicted octanol–water partition coefficient (Wildman–Crippen LogP) is 4.16. The highest BCUT2D eigenvalue weighted by Gasteiger charge is 2.59. The molecular weight excluding hydrogens is 499 g/mol. The lowest BCUT2D eigenvalue weighted by Crippen LogP contribution is -2.54. The van der Waals surface area contributed by atoms with Crippen LogP contribution in [0.2, 0.25) is 0 Å². The number of hydrogen-bond acceptors (Lipinski definition) is 5. The monoisotopic (exact) mass is 531 g/mol. The number of pyridine rings is 1. The Bertz CT molecular complexity index is 1250. The fourth-order valence-corrected chi connectivity index (χ4v) is 6.57. The number of likely N-dealkylation sites (tertiary alicyclic amines) is 1. The van der Waals surface area contributed by atoms with E-state index >= 15 is 0 Å². The molecule has 4 fully saturated rings. The number of ether oxygens (including phenoxy) is 1. The van der Waals surface area contributed by atoms with Crippen molar-refractivity contribution in [3.8, 4) is 11.3 Å². The highest BCUT2D eigenvalue weighted by atomic mass is 19.3.